The first-order valence-electron chi connectivity index (χ1n) is 8.26. The van der Waals surface area contributed by atoms with Gasteiger partial charge in [0.05, 0.1) is 18.2 Å². The second-order valence-electron chi connectivity index (χ2n) is 5.79. The molecule has 2 aromatic carbocycles. The largest absolute Gasteiger partial charge is 0.454 e. The second kappa shape index (κ2) is 7.25. The van der Waals surface area contributed by atoms with Crippen LogP contribution in [0.2, 0.25) is 0 Å². The minimum atomic E-state index is -0.536. The zero-order valence-corrected chi connectivity index (χ0v) is 14.2. The van der Waals surface area contributed by atoms with Gasteiger partial charge < -0.3 is 4.74 Å². The summed E-state index contributed by atoms with van der Waals surface area (Å²) in [6, 6.07) is 17.2. The van der Waals surface area contributed by atoms with Crippen LogP contribution in [0.1, 0.15) is 16.2 Å². The maximum Gasteiger partial charge on any atom is 0.357 e. The standard InChI is InChI=1S/C20H15FN4O2/c21-15-6-8-17(9-7-15)24-14-22-12-19(24)20(26)27-13-16-10-11-25(23-16)18-4-2-1-3-5-18/h1-12,14H,13H2. The van der Waals surface area contributed by atoms with Crippen molar-refractivity contribution in [2.75, 3.05) is 0 Å². The predicted octanol–water partition coefficient (Wildman–Crippen LogP) is 3.55. The molecule has 2 heterocycles. The lowest BCUT2D eigenvalue weighted by Crippen LogP contribution is -2.11. The molecule has 0 saturated carbocycles. The van der Waals surface area contributed by atoms with Crippen LogP contribution in [0.4, 0.5) is 4.39 Å². The van der Waals surface area contributed by atoms with Gasteiger partial charge in [-0.15, -0.1) is 0 Å². The van der Waals surface area contributed by atoms with Gasteiger partial charge in [-0.05, 0) is 42.5 Å². The number of ether oxygens (including phenoxy) is 1. The first-order chi connectivity index (χ1) is 13.2. The van der Waals surface area contributed by atoms with Gasteiger partial charge >= 0.3 is 5.97 Å². The number of para-hydroxylation sites is 1. The summed E-state index contributed by atoms with van der Waals surface area (Å²) in [5.41, 5.74) is 2.42. The number of imidazole rings is 1. The first kappa shape index (κ1) is 16.7. The fraction of sp³-hybridized carbons (Fsp3) is 0.0500. The number of nitrogens with zero attached hydrogens (tertiary/aromatic N) is 4. The molecule has 134 valence electrons. The van der Waals surface area contributed by atoms with Crippen LogP contribution < -0.4 is 0 Å². The van der Waals surface area contributed by atoms with Crippen LogP contribution in [-0.2, 0) is 11.3 Å². The van der Waals surface area contributed by atoms with Crippen LogP contribution >= 0.6 is 0 Å². The van der Waals surface area contributed by atoms with E-state index >= 15 is 0 Å². The molecule has 2 aromatic heterocycles. The summed E-state index contributed by atoms with van der Waals surface area (Å²) in [4.78, 5) is 16.4. The van der Waals surface area contributed by atoms with Gasteiger partial charge in [-0.2, -0.15) is 5.10 Å². The predicted molar refractivity (Wildman–Crippen MR) is 96.2 cm³/mol. The molecule has 0 aliphatic heterocycles. The van der Waals surface area contributed by atoms with E-state index in [9.17, 15) is 9.18 Å². The molecule has 0 unspecified atom stereocenters. The summed E-state index contributed by atoms with van der Waals surface area (Å²) < 4.78 is 21.7. The van der Waals surface area contributed by atoms with Gasteiger partial charge in [0.15, 0.2) is 5.69 Å². The molecule has 6 nitrogen and oxygen atoms in total. The zero-order chi connectivity index (χ0) is 18.6. The SMILES string of the molecule is O=C(OCc1ccn(-c2ccccc2)n1)c1cncn1-c1ccc(F)cc1. The Morgan fingerprint density at radius 3 is 2.56 bits per heavy atom. The summed E-state index contributed by atoms with van der Waals surface area (Å²) in [6.45, 7) is 0.0350. The molecule has 0 aliphatic carbocycles. The Kier molecular flexibility index (Phi) is 4.49. The smallest absolute Gasteiger partial charge is 0.357 e. The normalized spacial score (nSPS) is 10.7. The van der Waals surface area contributed by atoms with Crippen molar-refractivity contribution in [1.82, 2.24) is 19.3 Å². The molecule has 0 atom stereocenters. The minimum absolute atomic E-state index is 0.0350. The summed E-state index contributed by atoms with van der Waals surface area (Å²) in [7, 11) is 0. The van der Waals surface area contributed by atoms with Gasteiger partial charge in [-0.3, -0.25) is 4.57 Å². The molecule has 0 amide bonds. The number of hydrogen-bond donors (Lipinski definition) is 0. The summed E-state index contributed by atoms with van der Waals surface area (Å²) in [6.07, 6.45) is 4.70. The van der Waals surface area contributed by atoms with Gasteiger partial charge in [0.1, 0.15) is 18.1 Å². The highest BCUT2D eigenvalue weighted by Gasteiger charge is 2.15. The molecule has 0 fully saturated rings. The fourth-order valence-corrected chi connectivity index (χ4v) is 2.63. The van der Waals surface area contributed by atoms with Crippen molar-refractivity contribution in [2.45, 2.75) is 6.61 Å². The van der Waals surface area contributed by atoms with Crippen molar-refractivity contribution >= 4 is 5.97 Å². The highest BCUT2D eigenvalue weighted by molar-refractivity contribution is 5.88. The minimum Gasteiger partial charge on any atom is -0.454 e. The van der Waals surface area contributed by atoms with Crippen molar-refractivity contribution in [3.05, 3.63) is 96.6 Å². The Bertz CT molecular complexity index is 1060. The van der Waals surface area contributed by atoms with E-state index < -0.39 is 5.97 Å². The Morgan fingerprint density at radius 1 is 1.00 bits per heavy atom. The average Bonchev–Trinajstić information content (AvgIpc) is 3.37. The van der Waals surface area contributed by atoms with E-state index in [1.165, 1.54) is 24.7 Å². The number of carbonyl (C=O) groups excluding carboxylic acids is 1. The third-order valence-corrected chi connectivity index (χ3v) is 3.97. The summed E-state index contributed by atoms with van der Waals surface area (Å²) >= 11 is 0. The third-order valence-electron chi connectivity index (χ3n) is 3.97. The van der Waals surface area contributed by atoms with Crippen LogP contribution in [-0.4, -0.2) is 25.3 Å². The maximum absolute atomic E-state index is 13.1. The molecule has 0 aliphatic rings. The van der Waals surface area contributed by atoms with E-state index in [2.05, 4.69) is 10.1 Å². The highest BCUT2D eigenvalue weighted by Crippen LogP contribution is 2.14. The van der Waals surface area contributed by atoms with Gasteiger partial charge in [0.25, 0.3) is 0 Å². The molecule has 7 heteroatoms. The fourth-order valence-electron chi connectivity index (χ4n) is 2.63. The number of benzene rings is 2. The first-order valence-corrected chi connectivity index (χ1v) is 8.26. The lowest BCUT2D eigenvalue weighted by Gasteiger charge is -2.07. The molecule has 4 aromatic rings. The molecule has 0 bridgehead atoms. The van der Waals surface area contributed by atoms with Crippen molar-refractivity contribution in [1.29, 1.82) is 0 Å². The molecule has 4 rings (SSSR count). The van der Waals surface area contributed by atoms with Crippen LogP contribution in [0.15, 0.2) is 79.4 Å². The monoisotopic (exact) mass is 362 g/mol. The van der Waals surface area contributed by atoms with Crippen LogP contribution in [0, 0.1) is 5.82 Å². The Hall–Kier alpha value is -3.74. The van der Waals surface area contributed by atoms with E-state index in [1.807, 2.05) is 30.3 Å². The van der Waals surface area contributed by atoms with Crippen molar-refractivity contribution in [2.24, 2.45) is 0 Å². The Morgan fingerprint density at radius 2 is 1.78 bits per heavy atom. The molecule has 0 N–H and O–H groups in total. The van der Waals surface area contributed by atoms with Gasteiger partial charge in [-0.1, -0.05) is 18.2 Å². The van der Waals surface area contributed by atoms with Crippen LogP contribution in [0.3, 0.4) is 0 Å². The molecule has 0 radical (unpaired) electrons. The number of aromatic nitrogens is 4. The number of halogens is 1. The van der Waals surface area contributed by atoms with Crippen molar-refractivity contribution in [3.63, 3.8) is 0 Å². The Balaban J connectivity index is 1.46. The van der Waals surface area contributed by atoms with Crippen molar-refractivity contribution in [3.8, 4) is 11.4 Å². The summed E-state index contributed by atoms with van der Waals surface area (Å²) in [5, 5.41) is 4.40. The van der Waals surface area contributed by atoms with E-state index in [0.717, 1.165) is 5.69 Å². The quantitative estimate of drug-likeness (QED) is 0.510. The topological polar surface area (TPSA) is 61.9 Å². The Labute approximate surface area is 154 Å². The maximum atomic E-state index is 13.1. The second-order valence-corrected chi connectivity index (χ2v) is 5.79. The lowest BCUT2D eigenvalue weighted by atomic mass is 10.3. The van der Waals surface area contributed by atoms with E-state index in [4.69, 9.17) is 4.74 Å². The zero-order valence-electron chi connectivity index (χ0n) is 14.2. The number of carbonyl (C=O) groups is 1. The van der Waals surface area contributed by atoms with E-state index in [-0.39, 0.29) is 18.1 Å². The molecular weight excluding hydrogens is 347 g/mol. The number of esters is 1. The van der Waals surface area contributed by atoms with Gasteiger partial charge in [0, 0.05) is 11.9 Å². The van der Waals surface area contributed by atoms with Gasteiger partial charge in [-0.25, -0.2) is 18.9 Å². The third kappa shape index (κ3) is 3.62. The number of rotatable bonds is 5. The van der Waals surface area contributed by atoms with Crippen LogP contribution in [0.5, 0.6) is 0 Å². The molecule has 0 saturated heterocycles. The van der Waals surface area contributed by atoms with E-state index in [1.54, 1.807) is 33.6 Å². The van der Waals surface area contributed by atoms with Crippen molar-refractivity contribution < 1.29 is 13.9 Å². The summed E-state index contributed by atoms with van der Waals surface area (Å²) in [5.74, 6) is -0.886. The molecular formula is C20H15FN4O2. The molecule has 27 heavy (non-hydrogen) atoms. The highest BCUT2D eigenvalue weighted by atomic mass is 19.1. The van der Waals surface area contributed by atoms with E-state index in [0.29, 0.717) is 11.4 Å². The van der Waals surface area contributed by atoms with Gasteiger partial charge in [0.2, 0.25) is 0 Å². The lowest BCUT2D eigenvalue weighted by molar-refractivity contribution is 0.0458. The average molecular weight is 362 g/mol. The molecule has 0 spiro atoms. The van der Waals surface area contributed by atoms with Crippen LogP contribution in [0.25, 0.3) is 11.4 Å². The number of hydrogen-bond acceptors (Lipinski definition) is 4.